The molecule has 0 radical (unpaired) electrons. The minimum atomic E-state index is 0.441. The van der Waals surface area contributed by atoms with Crippen LogP contribution in [0.4, 0.5) is 5.69 Å². The molecule has 4 atom stereocenters. The fraction of sp³-hybridized carbons (Fsp3) is 0.667. The fourth-order valence-electron chi connectivity index (χ4n) is 3.21. The molecule has 1 saturated carbocycles. The number of nitrogens with one attached hydrogen (secondary N) is 1. The molecule has 20 heavy (non-hydrogen) atoms. The first-order valence-electron chi connectivity index (χ1n) is 8.00. The van der Waals surface area contributed by atoms with Crippen LogP contribution < -0.4 is 10.2 Å². The molecule has 112 valence electrons. The highest BCUT2D eigenvalue weighted by Crippen LogP contribution is 2.30. The van der Waals surface area contributed by atoms with Crippen molar-refractivity contribution in [3.05, 3.63) is 29.8 Å². The van der Waals surface area contributed by atoms with Crippen LogP contribution in [0.5, 0.6) is 0 Å². The molecule has 1 fully saturated rings. The van der Waals surface area contributed by atoms with E-state index in [2.05, 4.69) is 69.3 Å². The lowest BCUT2D eigenvalue weighted by Crippen LogP contribution is -2.37. The summed E-state index contributed by atoms with van der Waals surface area (Å²) >= 11 is 0. The van der Waals surface area contributed by atoms with Gasteiger partial charge in [0.2, 0.25) is 0 Å². The highest BCUT2D eigenvalue weighted by atomic mass is 15.1. The molecule has 2 heteroatoms. The Morgan fingerprint density at radius 3 is 2.25 bits per heavy atom. The Bertz CT molecular complexity index is 410. The van der Waals surface area contributed by atoms with Crippen molar-refractivity contribution in [3.63, 3.8) is 0 Å². The molecule has 0 saturated heterocycles. The average molecular weight is 274 g/mol. The van der Waals surface area contributed by atoms with Gasteiger partial charge in [0.25, 0.3) is 0 Å². The summed E-state index contributed by atoms with van der Waals surface area (Å²) in [4.78, 5) is 2.14. The van der Waals surface area contributed by atoms with E-state index < -0.39 is 0 Å². The van der Waals surface area contributed by atoms with Crippen molar-refractivity contribution in [2.24, 2.45) is 11.8 Å². The van der Waals surface area contributed by atoms with E-state index in [-0.39, 0.29) is 0 Å². The van der Waals surface area contributed by atoms with Crippen molar-refractivity contribution in [2.75, 3.05) is 19.0 Å². The molecule has 1 aromatic rings. The second-order valence-electron chi connectivity index (χ2n) is 6.84. The summed E-state index contributed by atoms with van der Waals surface area (Å²) in [6.45, 7) is 7.08. The molecule has 2 rings (SSSR count). The predicted molar refractivity (Wildman–Crippen MR) is 88.3 cm³/mol. The van der Waals surface area contributed by atoms with Gasteiger partial charge in [0.05, 0.1) is 0 Å². The van der Waals surface area contributed by atoms with Gasteiger partial charge in [0.15, 0.2) is 0 Å². The average Bonchev–Trinajstić information content (AvgIpc) is 2.43. The predicted octanol–water partition coefficient (Wildman–Crippen LogP) is 4.23. The van der Waals surface area contributed by atoms with Gasteiger partial charge in [-0.2, -0.15) is 0 Å². The van der Waals surface area contributed by atoms with Crippen LogP contribution in [0.2, 0.25) is 0 Å². The van der Waals surface area contributed by atoms with Gasteiger partial charge < -0.3 is 10.2 Å². The first-order chi connectivity index (χ1) is 9.47. The lowest BCUT2D eigenvalue weighted by molar-refractivity contribution is 0.217. The van der Waals surface area contributed by atoms with Gasteiger partial charge in [0.1, 0.15) is 0 Å². The Labute approximate surface area is 124 Å². The minimum absolute atomic E-state index is 0.441. The van der Waals surface area contributed by atoms with Gasteiger partial charge in [-0.25, -0.2) is 0 Å². The molecule has 1 aromatic carbocycles. The van der Waals surface area contributed by atoms with Crippen LogP contribution >= 0.6 is 0 Å². The molecular formula is C18H30N2. The molecule has 1 aliphatic carbocycles. The zero-order valence-corrected chi connectivity index (χ0v) is 13.7. The maximum Gasteiger partial charge on any atom is 0.0361 e. The number of hydrogen-bond donors (Lipinski definition) is 1. The van der Waals surface area contributed by atoms with Crippen molar-refractivity contribution in [2.45, 2.75) is 52.1 Å². The van der Waals surface area contributed by atoms with E-state index in [9.17, 15) is 0 Å². The Balaban J connectivity index is 1.92. The minimum Gasteiger partial charge on any atom is -0.378 e. The largest absolute Gasteiger partial charge is 0.378 e. The van der Waals surface area contributed by atoms with Gasteiger partial charge in [-0.3, -0.25) is 0 Å². The zero-order chi connectivity index (χ0) is 14.7. The van der Waals surface area contributed by atoms with Crippen LogP contribution in [0.3, 0.4) is 0 Å². The highest BCUT2D eigenvalue weighted by Gasteiger charge is 2.25. The smallest absolute Gasteiger partial charge is 0.0361 e. The summed E-state index contributed by atoms with van der Waals surface area (Å²) in [5.41, 5.74) is 2.66. The van der Waals surface area contributed by atoms with Gasteiger partial charge >= 0.3 is 0 Å². The summed E-state index contributed by atoms with van der Waals surface area (Å²) in [6.07, 6.45) is 4.01. The third kappa shape index (κ3) is 3.76. The molecule has 1 aliphatic rings. The normalized spacial score (nSPS) is 28.1. The third-order valence-corrected chi connectivity index (χ3v) is 4.99. The lowest BCUT2D eigenvalue weighted by atomic mass is 9.79. The van der Waals surface area contributed by atoms with E-state index >= 15 is 0 Å². The second-order valence-corrected chi connectivity index (χ2v) is 6.84. The van der Waals surface area contributed by atoms with Gasteiger partial charge in [0, 0.05) is 31.9 Å². The Kier molecular flexibility index (Phi) is 5.09. The molecule has 0 amide bonds. The van der Waals surface area contributed by atoms with Crippen molar-refractivity contribution < 1.29 is 0 Å². The van der Waals surface area contributed by atoms with Gasteiger partial charge in [-0.1, -0.05) is 26.0 Å². The van der Waals surface area contributed by atoms with Crippen molar-refractivity contribution in [1.29, 1.82) is 0 Å². The fourth-order valence-corrected chi connectivity index (χ4v) is 3.21. The summed E-state index contributed by atoms with van der Waals surface area (Å²) in [5.74, 6) is 1.74. The summed E-state index contributed by atoms with van der Waals surface area (Å²) in [7, 11) is 4.17. The van der Waals surface area contributed by atoms with E-state index in [0.717, 1.165) is 11.8 Å². The standard InChI is InChI=1S/C18H30N2/c1-13-6-9-17(12-14(13)2)19-15(3)16-7-10-18(11-8-16)20(4)5/h7-8,10-11,13-15,17,19H,6,9,12H2,1-5H3. The number of anilines is 1. The maximum absolute atomic E-state index is 3.82. The maximum atomic E-state index is 3.82. The van der Waals surface area contributed by atoms with E-state index in [1.54, 1.807) is 0 Å². The quantitative estimate of drug-likeness (QED) is 0.884. The molecule has 0 heterocycles. The highest BCUT2D eigenvalue weighted by molar-refractivity contribution is 5.46. The summed E-state index contributed by atoms with van der Waals surface area (Å²) < 4.78 is 0. The van der Waals surface area contributed by atoms with E-state index in [4.69, 9.17) is 0 Å². The first-order valence-corrected chi connectivity index (χ1v) is 8.00. The van der Waals surface area contributed by atoms with Crippen LogP contribution in [-0.4, -0.2) is 20.1 Å². The van der Waals surface area contributed by atoms with Crippen LogP contribution in [0.15, 0.2) is 24.3 Å². The molecule has 4 unspecified atom stereocenters. The van der Waals surface area contributed by atoms with E-state index in [1.165, 1.54) is 30.5 Å². The van der Waals surface area contributed by atoms with E-state index in [0.29, 0.717) is 12.1 Å². The topological polar surface area (TPSA) is 15.3 Å². The molecule has 1 N–H and O–H groups in total. The number of benzene rings is 1. The monoisotopic (exact) mass is 274 g/mol. The number of rotatable bonds is 4. The lowest BCUT2D eigenvalue weighted by Gasteiger charge is -2.34. The zero-order valence-electron chi connectivity index (χ0n) is 13.7. The Hall–Kier alpha value is -1.02. The van der Waals surface area contributed by atoms with E-state index in [1.807, 2.05) is 0 Å². The molecule has 0 aromatic heterocycles. The first kappa shape index (κ1) is 15.4. The van der Waals surface area contributed by atoms with Gasteiger partial charge in [-0.15, -0.1) is 0 Å². The molecule has 0 bridgehead atoms. The molecule has 2 nitrogen and oxygen atoms in total. The summed E-state index contributed by atoms with van der Waals surface area (Å²) in [5, 5.41) is 3.82. The summed E-state index contributed by atoms with van der Waals surface area (Å²) in [6, 6.07) is 10.0. The van der Waals surface area contributed by atoms with Crippen LogP contribution in [0.1, 0.15) is 51.6 Å². The number of nitrogens with zero attached hydrogens (tertiary/aromatic N) is 1. The van der Waals surface area contributed by atoms with Crippen molar-refractivity contribution in [1.82, 2.24) is 5.32 Å². The third-order valence-electron chi connectivity index (χ3n) is 4.99. The molecular weight excluding hydrogens is 244 g/mol. The molecule has 0 aliphatic heterocycles. The van der Waals surface area contributed by atoms with Crippen molar-refractivity contribution >= 4 is 5.69 Å². The van der Waals surface area contributed by atoms with Crippen LogP contribution in [0, 0.1) is 11.8 Å². The number of hydrogen-bond acceptors (Lipinski definition) is 2. The molecule has 0 spiro atoms. The van der Waals surface area contributed by atoms with Crippen molar-refractivity contribution in [3.8, 4) is 0 Å². The second kappa shape index (κ2) is 6.62. The Morgan fingerprint density at radius 1 is 1.05 bits per heavy atom. The SMILES string of the molecule is CC(NC1CCC(C)C(C)C1)c1ccc(N(C)C)cc1. The van der Waals surface area contributed by atoms with Gasteiger partial charge in [-0.05, 0) is 55.7 Å². The van der Waals surface area contributed by atoms with Crippen LogP contribution in [0.25, 0.3) is 0 Å². The Morgan fingerprint density at radius 2 is 1.70 bits per heavy atom. The van der Waals surface area contributed by atoms with Crippen LogP contribution in [-0.2, 0) is 0 Å².